The molecule has 0 fully saturated rings. The van der Waals surface area contributed by atoms with Gasteiger partial charge in [0, 0.05) is 17.1 Å². The highest BCUT2D eigenvalue weighted by atomic mass is 16.3. The fourth-order valence-electron chi connectivity index (χ4n) is 7.51. The molecule has 0 bridgehead atoms. The number of rotatable bonds is 3. The minimum absolute atomic E-state index is 0.164. The van der Waals surface area contributed by atoms with Crippen LogP contribution in [-0.2, 0) is 0 Å². The number of amidine groups is 1. The van der Waals surface area contributed by atoms with Gasteiger partial charge in [0.05, 0.1) is 0 Å². The van der Waals surface area contributed by atoms with E-state index in [1.54, 1.807) is 0 Å². The fraction of sp³-hybridized carbons (Fsp3) is 0.0714. The topological polar surface area (TPSA) is 61.6 Å². The minimum Gasteiger partial charge on any atom is -0.456 e. The Morgan fingerprint density at radius 3 is 2.17 bits per heavy atom. The summed E-state index contributed by atoms with van der Waals surface area (Å²) >= 11 is 0. The molecule has 47 heavy (non-hydrogen) atoms. The first-order chi connectivity index (χ1) is 23.3. The Labute approximate surface area is 271 Å². The van der Waals surface area contributed by atoms with Gasteiger partial charge in [-0.1, -0.05) is 115 Å². The van der Waals surface area contributed by atoms with Gasteiger partial charge in [-0.15, -0.1) is 0 Å². The standard InChI is InChI=1S/C42H30N4O/c1-2-9-28-23-30(18-13-25(28)7-1)40-44-41(46-42(45-40)39-38-34-11-5-6-12-35(34)47-36(38)21-22-43-39)31-19-20-33-29(24-31)17-16-27-15-14-26-8-3-4-10-32(26)37(27)33/h1-24,39-41,43-44H,(H,45,46). The quantitative estimate of drug-likeness (QED) is 0.175. The summed E-state index contributed by atoms with van der Waals surface area (Å²) in [4.78, 5) is 5.37. The zero-order valence-corrected chi connectivity index (χ0v) is 25.4. The van der Waals surface area contributed by atoms with Gasteiger partial charge >= 0.3 is 0 Å². The van der Waals surface area contributed by atoms with E-state index in [1.165, 1.54) is 43.1 Å². The van der Waals surface area contributed by atoms with Crippen LogP contribution in [0, 0.1) is 0 Å². The van der Waals surface area contributed by atoms with Crippen LogP contribution in [0.5, 0.6) is 0 Å². The third-order valence-corrected chi connectivity index (χ3v) is 9.78. The predicted molar refractivity (Wildman–Crippen MR) is 193 cm³/mol. The summed E-state index contributed by atoms with van der Waals surface area (Å²) in [6.07, 6.45) is 3.53. The molecule has 3 N–H and O–H groups in total. The Hall–Kier alpha value is -5.91. The van der Waals surface area contributed by atoms with E-state index in [0.29, 0.717) is 0 Å². The molecule has 0 amide bonds. The Balaban J connectivity index is 1.12. The lowest BCUT2D eigenvalue weighted by atomic mass is 9.94. The lowest BCUT2D eigenvalue weighted by Gasteiger charge is -2.35. The van der Waals surface area contributed by atoms with Crippen molar-refractivity contribution in [3.63, 3.8) is 0 Å². The average molecular weight is 607 g/mol. The first-order valence-corrected chi connectivity index (χ1v) is 16.1. The van der Waals surface area contributed by atoms with E-state index in [2.05, 4.69) is 137 Å². The summed E-state index contributed by atoms with van der Waals surface area (Å²) in [5.41, 5.74) is 4.25. The Morgan fingerprint density at radius 2 is 1.26 bits per heavy atom. The summed E-state index contributed by atoms with van der Waals surface area (Å²) < 4.78 is 6.27. The summed E-state index contributed by atoms with van der Waals surface area (Å²) in [6, 6.07) is 47.6. The Kier molecular flexibility index (Phi) is 5.77. The van der Waals surface area contributed by atoms with Gasteiger partial charge in [-0.25, -0.2) is 4.99 Å². The zero-order chi connectivity index (χ0) is 30.9. The van der Waals surface area contributed by atoms with E-state index in [0.717, 1.165) is 39.3 Å². The van der Waals surface area contributed by atoms with E-state index in [9.17, 15) is 0 Å². The third kappa shape index (κ3) is 4.24. The normalized spacial score (nSPS) is 19.1. The van der Waals surface area contributed by atoms with Crippen molar-refractivity contribution in [2.75, 3.05) is 0 Å². The van der Waals surface area contributed by atoms with Gasteiger partial charge in [-0.3, -0.25) is 5.32 Å². The molecule has 3 atom stereocenters. The average Bonchev–Trinajstić information content (AvgIpc) is 3.53. The summed E-state index contributed by atoms with van der Waals surface area (Å²) in [5, 5.41) is 22.3. The fourth-order valence-corrected chi connectivity index (χ4v) is 7.51. The van der Waals surface area contributed by atoms with Gasteiger partial charge in [0.2, 0.25) is 0 Å². The summed E-state index contributed by atoms with van der Waals surface area (Å²) in [5.74, 6) is 1.73. The maximum atomic E-state index is 6.27. The maximum absolute atomic E-state index is 6.27. The Bertz CT molecular complexity index is 2600. The zero-order valence-electron chi connectivity index (χ0n) is 25.4. The largest absolute Gasteiger partial charge is 0.456 e. The first-order valence-electron chi connectivity index (χ1n) is 16.1. The Morgan fingerprint density at radius 1 is 0.574 bits per heavy atom. The maximum Gasteiger partial charge on any atom is 0.135 e. The van der Waals surface area contributed by atoms with Crippen LogP contribution in [0.1, 0.15) is 40.8 Å². The van der Waals surface area contributed by atoms with E-state index >= 15 is 0 Å². The van der Waals surface area contributed by atoms with Crippen molar-refractivity contribution in [2.45, 2.75) is 18.4 Å². The monoisotopic (exact) mass is 606 g/mol. The van der Waals surface area contributed by atoms with Crippen molar-refractivity contribution in [3.8, 4) is 0 Å². The van der Waals surface area contributed by atoms with Crippen molar-refractivity contribution in [3.05, 3.63) is 162 Å². The van der Waals surface area contributed by atoms with Crippen molar-refractivity contribution >= 4 is 66.0 Å². The van der Waals surface area contributed by atoms with Crippen molar-refractivity contribution in [2.24, 2.45) is 4.99 Å². The highest BCUT2D eigenvalue weighted by Gasteiger charge is 2.33. The lowest BCUT2D eigenvalue weighted by Crippen LogP contribution is -2.49. The molecule has 7 aromatic carbocycles. The van der Waals surface area contributed by atoms with Crippen LogP contribution in [0.3, 0.4) is 0 Å². The van der Waals surface area contributed by atoms with Gasteiger partial charge in [-0.2, -0.15) is 0 Å². The van der Waals surface area contributed by atoms with Crippen LogP contribution >= 0.6 is 0 Å². The number of nitrogens with zero attached hydrogens (tertiary/aromatic N) is 1. The van der Waals surface area contributed by atoms with E-state index < -0.39 is 0 Å². The molecule has 0 saturated heterocycles. The number of hydrogen-bond acceptors (Lipinski definition) is 5. The number of furan rings is 1. The van der Waals surface area contributed by atoms with E-state index in [-0.39, 0.29) is 18.4 Å². The van der Waals surface area contributed by atoms with Gasteiger partial charge in [-0.05, 0) is 78.5 Å². The first kappa shape index (κ1) is 26.3. The molecule has 0 radical (unpaired) electrons. The van der Waals surface area contributed by atoms with Crippen LogP contribution < -0.4 is 16.0 Å². The molecule has 0 saturated carbocycles. The van der Waals surface area contributed by atoms with Crippen molar-refractivity contribution in [1.29, 1.82) is 0 Å². The molecule has 5 heteroatoms. The van der Waals surface area contributed by atoms with E-state index in [4.69, 9.17) is 9.41 Å². The smallest absolute Gasteiger partial charge is 0.135 e. The molecule has 8 aromatic rings. The number of hydrogen-bond donors (Lipinski definition) is 3. The minimum atomic E-state index is -0.273. The summed E-state index contributed by atoms with van der Waals surface area (Å²) in [7, 11) is 0. The number of benzene rings is 7. The molecule has 224 valence electrons. The molecule has 3 unspecified atom stereocenters. The molecule has 1 aromatic heterocycles. The van der Waals surface area contributed by atoms with Gasteiger partial charge in [0.1, 0.15) is 35.6 Å². The molecule has 3 heterocycles. The second-order valence-electron chi connectivity index (χ2n) is 12.5. The number of fused-ring (bicyclic) bond motifs is 9. The number of para-hydroxylation sites is 1. The van der Waals surface area contributed by atoms with Crippen LogP contribution in [0.15, 0.2) is 149 Å². The summed E-state index contributed by atoms with van der Waals surface area (Å²) in [6.45, 7) is 0. The number of aliphatic imine (C=N–C) groups is 1. The van der Waals surface area contributed by atoms with Crippen LogP contribution in [0.2, 0.25) is 0 Å². The molecule has 0 spiro atoms. The second kappa shape index (κ2) is 10.3. The number of nitrogens with one attached hydrogen (secondary N) is 3. The third-order valence-electron chi connectivity index (χ3n) is 9.78. The van der Waals surface area contributed by atoms with Crippen LogP contribution in [-0.4, -0.2) is 5.84 Å². The molecular formula is C42H30N4O. The van der Waals surface area contributed by atoms with Crippen LogP contribution in [0.4, 0.5) is 0 Å². The highest BCUT2D eigenvalue weighted by Crippen LogP contribution is 2.38. The van der Waals surface area contributed by atoms with Crippen LogP contribution in [0.25, 0.3) is 60.1 Å². The van der Waals surface area contributed by atoms with Crippen molar-refractivity contribution in [1.82, 2.24) is 16.0 Å². The van der Waals surface area contributed by atoms with E-state index in [1.807, 2.05) is 24.4 Å². The van der Waals surface area contributed by atoms with Crippen molar-refractivity contribution < 1.29 is 4.42 Å². The van der Waals surface area contributed by atoms with Gasteiger partial charge in [0.25, 0.3) is 0 Å². The molecule has 2 aliphatic heterocycles. The predicted octanol–water partition coefficient (Wildman–Crippen LogP) is 9.65. The second-order valence-corrected chi connectivity index (χ2v) is 12.5. The molecule has 0 aliphatic carbocycles. The molecule has 5 nitrogen and oxygen atoms in total. The molecule has 2 aliphatic rings. The lowest BCUT2D eigenvalue weighted by molar-refractivity contribution is 0.399. The molecule has 10 rings (SSSR count). The van der Waals surface area contributed by atoms with Gasteiger partial charge < -0.3 is 15.1 Å². The van der Waals surface area contributed by atoms with Gasteiger partial charge in [0.15, 0.2) is 0 Å². The molecular weight excluding hydrogens is 576 g/mol. The SMILES string of the molecule is C1=Cc2oc3ccccc3c2C(C2=NC(c3ccc4c(ccc5ccc6ccccc6c54)c3)NC(c3ccc4ccccc4c3)N2)N1. The highest BCUT2D eigenvalue weighted by molar-refractivity contribution is 6.20.